The van der Waals surface area contributed by atoms with Gasteiger partial charge in [0.15, 0.2) is 0 Å². The van der Waals surface area contributed by atoms with Crippen LogP contribution in [0.1, 0.15) is 28.9 Å². The van der Waals surface area contributed by atoms with Gasteiger partial charge in [0.1, 0.15) is 0 Å². The number of hydrogen-bond acceptors (Lipinski definition) is 2. The summed E-state index contributed by atoms with van der Waals surface area (Å²) in [5.74, 6) is -0.0312. The summed E-state index contributed by atoms with van der Waals surface area (Å²) in [6.07, 6.45) is 2.31. The van der Waals surface area contributed by atoms with E-state index in [4.69, 9.17) is 4.74 Å². The molecule has 0 saturated carbocycles. The first-order valence-corrected chi connectivity index (χ1v) is 6.71. The Morgan fingerprint density at radius 2 is 2.37 bits per heavy atom. The Kier molecular flexibility index (Phi) is 3.25. The van der Waals surface area contributed by atoms with Gasteiger partial charge in [0, 0.05) is 35.3 Å². The molecule has 0 radical (unpaired) electrons. The molecule has 2 aromatic rings. The van der Waals surface area contributed by atoms with Crippen molar-refractivity contribution in [2.24, 2.45) is 0 Å². The van der Waals surface area contributed by atoms with Crippen LogP contribution in [0, 0.1) is 6.92 Å². The lowest BCUT2D eigenvalue weighted by atomic mass is 10.1. The first kappa shape index (κ1) is 12.2. The number of H-pyrrole nitrogens is 1. The summed E-state index contributed by atoms with van der Waals surface area (Å²) in [6, 6.07) is 7.77. The smallest absolute Gasteiger partial charge is 0.251 e. The molecule has 3 rings (SSSR count). The van der Waals surface area contributed by atoms with E-state index in [1.54, 1.807) is 0 Å². The lowest BCUT2D eigenvalue weighted by Gasteiger charge is -2.10. The maximum Gasteiger partial charge on any atom is 0.251 e. The summed E-state index contributed by atoms with van der Waals surface area (Å²) in [5.41, 5.74) is 2.87. The van der Waals surface area contributed by atoms with E-state index in [0.29, 0.717) is 12.1 Å². The van der Waals surface area contributed by atoms with Gasteiger partial charge in [0.05, 0.1) is 6.10 Å². The molecule has 1 aromatic carbocycles. The standard InChI is InChI=1S/C15H18N2O2/c1-10-7-12-8-11(4-5-14(12)17-10)15(18)16-9-13-3-2-6-19-13/h4-5,7-8,13,17H,2-3,6,9H2,1H3,(H,16,18). The topological polar surface area (TPSA) is 54.1 Å². The number of rotatable bonds is 3. The molecule has 2 N–H and O–H groups in total. The quantitative estimate of drug-likeness (QED) is 0.888. The molecule has 4 heteroatoms. The van der Waals surface area contributed by atoms with Crippen LogP contribution in [-0.2, 0) is 4.74 Å². The molecule has 4 nitrogen and oxygen atoms in total. The van der Waals surface area contributed by atoms with E-state index in [9.17, 15) is 4.79 Å². The van der Waals surface area contributed by atoms with Gasteiger partial charge in [0.2, 0.25) is 0 Å². The van der Waals surface area contributed by atoms with Crippen molar-refractivity contribution < 1.29 is 9.53 Å². The molecule has 19 heavy (non-hydrogen) atoms. The van der Waals surface area contributed by atoms with Crippen molar-refractivity contribution in [2.45, 2.75) is 25.9 Å². The van der Waals surface area contributed by atoms with Gasteiger partial charge in [-0.3, -0.25) is 4.79 Å². The van der Waals surface area contributed by atoms with Crippen molar-refractivity contribution in [2.75, 3.05) is 13.2 Å². The third kappa shape index (κ3) is 2.63. The summed E-state index contributed by atoms with van der Waals surface area (Å²) in [6.45, 7) is 3.43. The minimum atomic E-state index is -0.0312. The van der Waals surface area contributed by atoms with Crippen LogP contribution < -0.4 is 5.32 Å². The van der Waals surface area contributed by atoms with E-state index >= 15 is 0 Å². The summed E-state index contributed by atoms with van der Waals surface area (Å²) in [7, 11) is 0. The van der Waals surface area contributed by atoms with Gasteiger partial charge < -0.3 is 15.0 Å². The number of ether oxygens (including phenoxy) is 1. The zero-order valence-corrected chi connectivity index (χ0v) is 11.0. The highest BCUT2D eigenvalue weighted by molar-refractivity contribution is 5.98. The normalized spacial score (nSPS) is 18.9. The zero-order valence-electron chi connectivity index (χ0n) is 11.0. The Labute approximate surface area is 112 Å². The maximum absolute atomic E-state index is 12.1. The summed E-state index contributed by atoms with van der Waals surface area (Å²) < 4.78 is 5.49. The molecule has 1 amide bonds. The number of hydrogen-bond donors (Lipinski definition) is 2. The third-order valence-corrected chi connectivity index (χ3v) is 3.53. The largest absolute Gasteiger partial charge is 0.376 e. The van der Waals surface area contributed by atoms with Crippen molar-refractivity contribution in [1.29, 1.82) is 0 Å². The van der Waals surface area contributed by atoms with Crippen LogP contribution in [0.15, 0.2) is 24.3 Å². The Bertz CT molecular complexity index is 597. The Morgan fingerprint density at radius 3 is 3.16 bits per heavy atom. The van der Waals surface area contributed by atoms with Gasteiger partial charge in [-0.2, -0.15) is 0 Å². The molecular formula is C15H18N2O2. The van der Waals surface area contributed by atoms with Gasteiger partial charge in [-0.05, 0) is 44.0 Å². The monoisotopic (exact) mass is 258 g/mol. The second-order valence-corrected chi connectivity index (χ2v) is 5.10. The highest BCUT2D eigenvalue weighted by atomic mass is 16.5. The van der Waals surface area contributed by atoms with E-state index in [-0.39, 0.29) is 12.0 Å². The van der Waals surface area contributed by atoms with Crippen LogP contribution in [-0.4, -0.2) is 30.1 Å². The van der Waals surface area contributed by atoms with Crippen LogP contribution in [0.4, 0.5) is 0 Å². The van der Waals surface area contributed by atoms with Crippen molar-refractivity contribution in [3.63, 3.8) is 0 Å². The van der Waals surface area contributed by atoms with E-state index < -0.39 is 0 Å². The van der Waals surface area contributed by atoms with Gasteiger partial charge in [-0.1, -0.05) is 0 Å². The number of aromatic nitrogens is 1. The number of carbonyl (C=O) groups is 1. The fraction of sp³-hybridized carbons (Fsp3) is 0.400. The van der Waals surface area contributed by atoms with Crippen molar-refractivity contribution in [1.82, 2.24) is 10.3 Å². The average molecular weight is 258 g/mol. The predicted octanol–water partition coefficient (Wildman–Crippen LogP) is 2.39. The summed E-state index contributed by atoms with van der Waals surface area (Å²) in [4.78, 5) is 15.3. The number of aromatic amines is 1. The molecule has 100 valence electrons. The fourth-order valence-corrected chi connectivity index (χ4v) is 2.53. The highest BCUT2D eigenvalue weighted by Crippen LogP contribution is 2.17. The molecule has 0 bridgehead atoms. The highest BCUT2D eigenvalue weighted by Gasteiger charge is 2.16. The molecule has 1 aliphatic heterocycles. The van der Waals surface area contributed by atoms with Crippen molar-refractivity contribution in [3.8, 4) is 0 Å². The first-order chi connectivity index (χ1) is 9.22. The molecule has 1 atom stereocenters. The van der Waals surface area contributed by atoms with Gasteiger partial charge in [-0.25, -0.2) is 0 Å². The number of amides is 1. The van der Waals surface area contributed by atoms with Gasteiger partial charge >= 0.3 is 0 Å². The van der Waals surface area contributed by atoms with E-state index in [1.807, 2.05) is 31.2 Å². The minimum Gasteiger partial charge on any atom is -0.376 e. The van der Waals surface area contributed by atoms with Crippen LogP contribution in [0.5, 0.6) is 0 Å². The molecule has 1 aliphatic rings. The number of benzene rings is 1. The lowest BCUT2D eigenvalue weighted by molar-refractivity contribution is 0.0858. The lowest BCUT2D eigenvalue weighted by Crippen LogP contribution is -2.31. The second-order valence-electron chi connectivity index (χ2n) is 5.10. The zero-order chi connectivity index (χ0) is 13.2. The SMILES string of the molecule is Cc1cc2cc(C(=O)NCC3CCCO3)ccc2[nH]1. The van der Waals surface area contributed by atoms with Crippen LogP contribution in [0.3, 0.4) is 0 Å². The van der Waals surface area contributed by atoms with E-state index in [0.717, 1.165) is 36.0 Å². The summed E-state index contributed by atoms with van der Waals surface area (Å²) in [5, 5.41) is 4.01. The molecule has 1 fully saturated rings. The average Bonchev–Trinajstić information content (AvgIpc) is 3.02. The first-order valence-electron chi connectivity index (χ1n) is 6.71. The fourth-order valence-electron chi connectivity index (χ4n) is 2.53. The van der Waals surface area contributed by atoms with Crippen molar-refractivity contribution >= 4 is 16.8 Å². The Balaban J connectivity index is 1.69. The molecule has 1 saturated heterocycles. The van der Waals surface area contributed by atoms with Crippen LogP contribution in [0.25, 0.3) is 10.9 Å². The van der Waals surface area contributed by atoms with Gasteiger partial charge in [-0.15, -0.1) is 0 Å². The third-order valence-electron chi connectivity index (χ3n) is 3.53. The van der Waals surface area contributed by atoms with Crippen LogP contribution >= 0.6 is 0 Å². The molecule has 1 unspecified atom stereocenters. The molecule has 2 heterocycles. The number of fused-ring (bicyclic) bond motifs is 1. The Hall–Kier alpha value is -1.81. The van der Waals surface area contributed by atoms with Crippen LogP contribution in [0.2, 0.25) is 0 Å². The molecule has 0 aliphatic carbocycles. The number of nitrogens with one attached hydrogen (secondary N) is 2. The Morgan fingerprint density at radius 1 is 1.47 bits per heavy atom. The number of aryl methyl sites for hydroxylation is 1. The summed E-state index contributed by atoms with van der Waals surface area (Å²) >= 11 is 0. The second kappa shape index (κ2) is 5.05. The van der Waals surface area contributed by atoms with E-state index in [2.05, 4.69) is 10.3 Å². The molecule has 0 spiro atoms. The molecule has 1 aromatic heterocycles. The maximum atomic E-state index is 12.1. The van der Waals surface area contributed by atoms with Gasteiger partial charge in [0.25, 0.3) is 5.91 Å². The molecular weight excluding hydrogens is 240 g/mol. The van der Waals surface area contributed by atoms with Crippen molar-refractivity contribution in [3.05, 3.63) is 35.5 Å². The number of carbonyl (C=O) groups excluding carboxylic acids is 1. The minimum absolute atomic E-state index is 0.0312. The predicted molar refractivity (Wildman–Crippen MR) is 74.3 cm³/mol. The van der Waals surface area contributed by atoms with E-state index in [1.165, 1.54) is 0 Å².